The van der Waals surface area contributed by atoms with Gasteiger partial charge in [0.25, 0.3) is 0 Å². The minimum atomic E-state index is -0.203. The minimum Gasteiger partial charge on any atom is -0.497 e. The van der Waals surface area contributed by atoms with Crippen LogP contribution in [-0.2, 0) is 4.79 Å². The molecule has 4 heteroatoms. The largest absolute Gasteiger partial charge is 0.497 e. The summed E-state index contributed by atoms with van der Waals surface area (Å²) in [5, 5.41) is 2.78. The van der Waals surface area contributed by atoms with Crippen LogP contribution in [0.3, 0.4) is 0 Å². The molecule has 0 fully saturated rings. The molecular formula is C17H17NO3. The van der Waals surface area contributed by atoms with Crippen molar-refractivity contribution in [2.75, 3.05) is 19.5 Å². The molecule has 4 nitrogen and oxygen atoms in total. The van der Waals surface area contributed by atoms with Crippen LogP contribution in [0.5, 0.6) is 11.5 Å². The number of hydrogen-bond donors (Lipinski definition) is 1. The van der Waals surface area contributed by atoms with Crippen molar-refractivity contribution in [1.82, 2.24) is 0 Å². The smallest absolute Gasteiger partial charge is 0.248 e. The van der Waals surface area contributed by atoms with Crippen LogP contribution in [0, 0.1) is 0 Å². The topological polar surface area (TPSA) is 47.6 Å². The van der Waals surface area contributed by atoms with E-state index in [0.717, 1.165) is 17.1 Å². The van der Waals surface area contributed by atoms with Crippen LogP contribution in [0.1, 0.15) is 5.56 Å². The van der Waals surface area contributed by atoms with Gasteiger partial charge in [0.15, 0.2) is 0 Å². The summed E-state index contributed by atoms with van der Waals surface area (Å²) in [7, 11) is 3.20. The Labute approximate surface area is 124 Å². The lowest BCUT2D eigenvalue weighted by molar-refractivity contribution is -0.111. The summed E-state index contributed by atoms with van der Waals surface area (Å²) < 4.78 is 10.3. The number of hydrogen-bond acceptors (Lipinski definition) is 3. The first-order chi connectivity index (χ1) is 10.2. The molecule has 0 aliphatic rings. The maximum absolute atomic E-state index is 11.9. The number of carbonyl (C=O) groups excluding carboxylic acids is 1. The summed E-state index contributed by atoms with van der Waals surface area (Å²) in [6, 6.07) is 14.7. The Balaban J connectivity index is 2.02. The van der Waals surface area contributed by atoms with Gasteiger partial charge in [0.2, 0.25) is 5.91 Å². The SMILES string of the molecule is COc1ccc(NC(=O)C=Cc2ccccc2OC)cc1. The fourth-order valence-electron chi connectivity index (χ4n) is 1.83. The predicted molar refractivity (Wildman–Crippen MR) is 83.7 cm³/mol. The van der Waals surface area contributed by atoms with Gasteiger partial charge in [0.05, 0.1) is 14.2 Å². The third kappa shape index (κ3) is 4.11. The van der Waals surface area contributed by atoms with Crippen molar-refractivity contribution in [2.24, 2.45) is 0 Å². The number of rotatable bonds is 5. The minimum absolute atomic E-state index is 0.203. The van der Waals surface area contributed by atoms with E-state index in [2.05, 4.69) is 5.32 Å². The monoisotopic (exact) mass is 283 g/mol. The average Bonchev–Trinajstić information content (AvgIpc) is 2.54. The lowest BCUT2D eigenvalue weighted by Crippen LogP contribution is -2.07. The van der Waals surface area contributed by atoms with E-state index in [1.165, 1.54) is 6.08 Å². The molecule has 2 aromatic rings. The van der Waals surface area contributed by atoms with E-state index in [1.807, 2.05) is 24.3 Å². The van der Waals surface area contributed by atoms with Crippen LogP contribution in [0.15, 0.2) is 54.6 Å². The van der Waals surface area contributed by atoms with Crippen LogP contribution in [-0.4, -0.2) is 20.1 Å². The summed E-state index contributed by atoms with van der Waals surface area (Å²) in [5.41, 5.74) is 1.57. The van der Waals surface area contributed by atoms with Crippen molar-refractivity contribution in [3.05, 3.63) is 60.2 Å². The molecule has 0 radical (unpaired) electrons. The second kappa shape index (κ2) is 7.14. The average molecular weight is 283 g/mol. The molecule has 2 aromatic carbocycles. The van der Waals surface area contributed by atoms with E-state index in [0.29, 0.717) is 5.69 Å². The lowest BCUT2D eigenvalue weighted by atomic mass is 10.2. The van der Waals surface area contributed by atoms with Crippen molar-refractivity contribution >= 4 is 17.7 Å². The molecule has 0 aliphatic carbocycles. The van der Waals surface area contributed by atoms with Crippen molar-refractivity contribution in [1.29, 1.82) is 0 Å². The number of nitrogens with one attached hydrogen (secondary N) is 1. The first-order valence-electron chi connectivity index (χ1n) is 6.49. The van der Waals surface area contributed by atoms with E-state index in [9.17, 15) is 4.79 Å². The Hall–Kier alpha value is -2.75. The molecule has 0 bridgehead atoms. The summed E-state index contributed by atoms with van der Waals surface area (Å²) in [6.45, 7) is 0. The Bertz CT molecular complexity index is 633. The van der Waals surface area contributed by atoms with Crippen LogP contribution in [0.2, 0.25) is 0 Å². The molecule has 108 valence electrons. The summed E-state index contributed by atoms with van der Waals surface area (Å²) >= 11 is 0. The molecule has 0 saturated heterocycles. The maximum Gasteiger partial charge on any atom is 0.248 e. The predicted octanol–water partition coefficient (Wildman–Crippen LogP) is 3.36. The number of benzene rings is 2. The van der Waals surface area contributed by atoms with Crippen LogP contribution >= 0.6 is 0 Å². The van der Waals surface area contributed by atoms with Gasteiger partial charge in [-0.05, 0) is 36.4 Å². The van der Waals surface area contributed by atoms with Gasteiger partial charge in [-0.1, -0.05) is 18.2 Å². The van der Waals surface area contributed by atoms with Crippen molar-refractivity contribution < 1.29 is 14.3 Å². The van der Waals surface area contributed by atoms with Crippen molar-refractivity contribution in [3.8, 4) is 11.5 Å². The molecule has 1 amide bonds. The second-order valence-electron chi connectivity index (χ2n) is 4.29. The lowest BCUT2D eigenvalue weighted by Gasteiger charge is -2.05. The van der Waals surface area contributed by atoms with E-state index < -0.39 is 0 Å². The number of carbonyl (C=O) groups is 1. The van der Waals surface area contributed by atoms with E-state index in [1.54, 1.807) is 44.6 Å². The normalized spacial score (nSPS) is 10.4. The molecule has 1 N–H and O–H groups in total. The number of anilines is 1. The molecule has 0 spiro atoms. The maximum atomic E-state index is 11.9. The summed E-state index contributed by atoms with van der Waals surface area (Å²) in [6.07, 6.45) is 3.19. The van der Waals surface area contributed by atoms with Crippen molar-refractivity contribution in [2.45, 2.75) is 0 Å². The van der Waals surface area contributed by atoms with Gasteiger partial charge in [-0.2, -0.15) is 0 Å². The highest BCUT2D eigenvalue weighted by atomic mass is 16.5. The van der Waals surface area contributed by atoms with Gasteiger partial charge in [-0.15, -0.1) is 0 Å². The molecule has 0 aromatic heterocycles. The van der Waals surface area contributed by atoms with Gasteiger partial charge in [-0.3, -0.25) is 4.79 Å². The molecule has 0 heterocycles. The molecule has 0 unspecified atom stereocenters. The van der Waals surface area contributed by atoms with E-state index in [4.69, 9.17) is 9.47 Å². The van der Waals surface area contributed by atoms with Crippen molar-refractivity contribution in [3.63, 3.8) is 0 Å². The highest BCUT2D eigenvalue weighted by Crippen LogP contribution is 2.19. The second-order valence-corrected chi connectivity index (χ2v) is 4.29. The fourth-order valence-corrected chi connectivity index (χ4v) is 1.83. The number of amides is 1. The molecule has 21 heavy (non-hydrogen) atoms. The molecule has 0 aliphatic heterocycles. The standard InChI is InChI=1S/C17H17NO3/c1-20-15-10-8-14(9-11-15)18-17(19)12-7-13-5-3-4-6-16(13)21-2/h3-12H,1-2H3,(H,18,19). The fraction of sp³-hybridized carbons (Fsp3) is 0.118. The van der Waals surface area contributed by atoms with Crippen LogP contribution < -0.4 is 14.8 Å². The van der Waals surface area contributed by atoms with Crippen LogP contribution in [0.4, 0.5) is 5.69 Å². The Morgan fingerprint density at radius 1 is 1.00 bits per heavy atom. The molecule has 0 saturated carbocycles. The van der Waals surface area contributed by atoms with Gasteiger partial charge in [-0.25, -0.2) is 0 Å². The zero-order valence-corrected chi connectivity index (χ0v) is 12.0. The molecule has 2 rings (SSSR count). The Kier molecular flexibility index (Phi) is 4.99. The van der Waals surface area contributed by atoms with E-state index >= 15 is 0 Å². The van der Waals surface area contributed by atoms with Gasteiger partial charge < -0.3 is 14.8 Å². The van der Waals surface area contributed by atoms with Gasteiger partial charge in [0.1, 0.15) is 11.5 Å². The first kappa shape index (κ1) is 14.7. The quantitative estimate of drug-likeness (QED) is 0.856. The number of para-hydroxylation sites is 1. The Morgan fingerprint density at radius 2 is 1.71 bits per heavy atom. The zero-order valence-electron chi connectivity index (χ0n) is 12.0. The van der Waals surface area contributed by atoms with Gasteiger partial charge >= 0.3 is 0 Å². The van der Waals surface area contributed by atoms with Gasteiger partial charge in [0, 0.05) is 17.3 Å². The molecule has 0 atom stereocenters. The number of ether oxygens (including phenoxy) is 2. The third-order valence-corrected chi connectivity index (χ3v) is 2.91. The highest BCUT2D eigenvalue weighted by molar-refractivity contribution is 6.02. The Morgan fingerprint density at radius 3 is 2.38 bits per heavy atom. The van der Waals surface area contributed by atoms with E-state index in [-0.39, 0.29) is 5.91 Å². The third-order valence-electron chi connectivity index (χ3n) is 2.91. The van der Waals surface area contributed by atoms with Crippen LogP contribution in [0.25, 0.3) is 6.08 Å². The highest BCUT2D eigenvalue weighted by Gasteiger charge is 2.00. The zero-order chi connectivity index (χ0) is 15.1. The number of methoxy groups -OCH3 is 2. The first-order valence-corrected chi connectivity index (χ1v) is 6.49. The molecular weight excluding hydrogens is 266 g/mol. The summed E-state index contributed by atoms with van der Waals surface area (Å²) in [4.78, 5) is 11.9. The summed E-state index contributed by atoms with van der Waals surface area (Å²) in [5.74, 6) is 1.27.